The van der Waals surface area contributed by atoms with Gasteiger partial charge in [0.25, 0.3) is 0 Å². The third-order valence-corrected chi connectivity index (χ3v) is 7.59. The van der Waals surface area contributed by atoms with Gasteiger partial charge >= 0.3 is 12.1 Å². The average Bonchev–Trinajstić information content (AvgIpc) is 3.69. The number of carbonyl (C=O) groups excluding carboxylic acids is 3. The molecule has 2 amide bonds. The van der Waals surface area contributed by atoms with Crippen molar-refractivity contribution in [3.05, 3.63) is 30.0 Å². The quantitative estimate of drug-likeness (QED) is 0.517. The Kier molecular flexibility index (Phi) is 9.90. The molecule has 0 radical (unpaired) electrons. The van der Waals surface area contributed by atoms with Crippen LogP contribution < -0.4 is 14.8 Å². The van der Waals surface area contributed by atoms with Crippen molar-refractivity contribution < 1.29 is 33.3 Å². The van der Waals surface area contributed by atoms with Crippen molar-refractivity contribution in [1.29, 1.82) is 0 Å². The molecule has 1 saturated carbocycles. The number of hydrogen-bond donors (Lipinski definition) is 1. The molecule has 11 heteroatoms. The Balaban J connectivity index is 1.72. The van der Waals surface area contributed by atoms with Gasteiger partial charge in [0.2, 0.25) is 11.8 Å². The monoisotopic (exact) mass is 582 g/mol. The number of ether oxygens (including phenoxy) is 4. The Hall–Kier alpha value is -3.89. The molecule has 228 valence electrons. The van der Waals surface area contributed by atoms with Crippen LogP contribution in [0.15, 0.2) is 24.3 Å². The van der Waals surface area contributed by atoms with Crippen molar-refractivity contribution in [2.75, 3.05) is 27.3 Å². The Labute approximate surface area is 246 Å². The van der Waals surface area contributed by atoms with E-state index < -0.39 is 35.5 Å². The van der Waals surface area contributed by atoms with Gasteiger partial charge < -0.3 is 29.2 Å². The van der Waals surface area contributed by atoms with Gasteiger partial charge in [-0.25, -0.2) is 14.8 Å². The SMILES string of the molecule is CCC1CN(CC(=O)OC)C(=O)C(C(C)(C)C)NC(=O)OC2C[C@H]2CCC/C=C/c2nc3ccc(OC)cc3nc2O1. The van der Waals surface area contributed by atoms with Gasteiger partial charge in [-0.2, -0.15) is 0 Å². The largest absolute Gasteiger partial charge is 0.497 e. The van der Waals surface area contributed by atoms with Crippen LogP contribution in [0, 0.1) is 11.3 Å². The lowest BCUT2D eigenvalue weighted by Gasteiger charge is -2.35. The van der Waals surface area contributed by atoms with Gasteiger partial charge in [-0.15, -0.1) is 0 Å². The molecule has 3 unspecified atom stereocenters. The first-order chi connectivity index (χ1) is 20.0. The van der Waals surface area contributed by atoms with E-state index in [1.54, 1.807) is 13.2 Å². The summed E-state index contributed by atoms with van der Waals surface area (Å²) in [5, 5.41) is 2.78. The highest BCUT2D eigenvalue weighted by atomic mass is 16.6. The zero-order chi connectivity index (χ0) is 30.4. The number of aromatic nitrogens is 2. The minimum absolute atomic E-state index is 0.0550. The highest BCUT2D eigenvalue weighted by Gasteiger charge is 2.42. The molecule has 0 saturated heterocycles. The first kappa shape index (κ1) is 31.1. The molecule has 42 heavy (non-hydrogen) atoms. The number of benzene rings is 1. The summed E-state index contributed by atoms with van der Waals surface area (Å²) in [5.74, 6) is 0.239. The van der Waals surface area contributed by atoms with Gasteiger partial charge in [0.05, 0.1) is 31.8 Å². The van der Waals surface area contributed by atoms with E-state index in [1.165, 1.54) is 12.0 Å². The molecule has 4 rings (SSSR count). The minimum atomic E-state index is -0.949. The molecular formula is C31H42N4O7. The standard InChI is InChI=1S/C31H42N4O7/c1-7-20-17-35(18-26(36)40-6)29(37)27(31(2,3)4)34-30(38)42-25-15-19(25)11-9-8-10-12-23-28(41-20)33-24-16-21(39-5)13-14-22(24)32-23/h10,12-14,16,19-20,25,27H,7-9,11,15,17-18H2,1-6H3,(H,34,38)/b12-10+/t19-,20?,25?,27?/m1/s1. The summed E-state index contributed by atoms with van der Waals surface area (Å²) in [5.41, 5.74) is 1.21. The van der Waals surface area contributed by atoms with E-state index in [0.29, 0.717) is 40.7 Å². The third-order valence-electron chi connectivity index (χ3n) is 7.59. The maximum Gasteiger partial charge on any atom is 0.408 e. The van der Waals surface area contributed by atoms with Crippen LogP contribution in [0.5, 0.6) is 11.6 Å². The van der Waals surface area contributed by atoms with Gasteiger partial charge in [0.15, 0.2) is 0 Å². The number of esters is 1. The fourth-order valence-electron chi connectivity index (χ4n) is 4.94. The van der Waals surface area contributed by atoms with Crippen LogP contribution in [0.2, 0.25) is 0 Å². The number of hydrogen-bond acceptors (Lipinski definition) is 9. The van der Waals surface area contributed by atoms with E-state index in [9.17, 15) is 14.4 Å². The van der Waals surface area contributed by atoms with Crippen LogP contribution in [0.3, 0.4) is 0 Å². The number of nitrogens with one attached hydrogen (secondary N) is 1. The number of fused-ring (bicyclic) bond motifs is 3. The molecule has 2 heterocycles. The maximum atomic E-state index is 14.0. The molecule has 11 nitrogen and oxygen atoms in total. The summed E-state index contributed by atoms with van der Waals surface area (Å²) in [6, 6.07) is 4.52. The zero-order valence-corrected chi connectivity index (χ0v) is 25.3. The summed E-state index contributed by atoms with van der Waals surface area (Å²) in [4.78, 5) is 50.2. The average molecular weight is 583 g/mol. The lowest BCUT2D eigenvalue weighted by Crippen LogP contribution is -2.57. The first-order valence-corrected chi connectivity index (χ1v) is 14.5. The van der Waals surface area contributed by atoms with Gasteiger partial charge in [-0.1, -0.05) is 33.8 Å². The lowest BCUT2D eigenvalue weighted by molar-refractivity contribution is -0.149. The van der Waals surface area contributed by atoms with Crippen LogP contribution in [0.4, 0.5) is 4.79 Å². The highest BCUT2D eigenvalue weighted by molar-refractivity contribution is 5.89. The number of methoxy groups -OCH3 is 2. The zero-order valence-electron chi connectivity index (χ0n) is 25.3. The summed E-state index contributed by atoms with van der Waals surface area (Å²) < 4.78 is 22.3. The summed E-state index contributed by atoms with van der Waals surface area (Å²) in [6.45, 7) is 7.22. The van der Waals surface area contributed by atoms with Crippen molar-refractivity contribution in [2.24, 2.45) is 11.3 Å². The molecule has 1 aliphatic carbocycles. The van der Waals surface area contributed by atoms with Gasteiger partial charge in [0, 0.05) is 6.07 Å². The van der Waals surface area contributed by atoms with E-state index in [2.05, 4.69) is 5.32 Å². The van der Waals surface area contributed by atoms with Gasteiger partial charge in [-0.05, 0) is 61.6 Å². The highest BCUT2D eigenvalue weighted by Crippen LogP contribution is 2.38. The topological polar surface area (TPSA) is 129 Å². The molecule has 1 aromatic carbocycles. The van der Waals surface area contributed by atoms with Gasteiger partial charge in [0.1, 0.15) is 36.2 Å². The fraction of sp³-hybridized carbons (Fsp3) is 0.581. The van der Waals surface area contributed by atoms with Gasteiger partial charge in [-0.3, -0.25) is 9.59 Å². The molecule has 2 aromatic rings. The normalized spacial score (nSPS) is 24.6. The molecular weight excluding hydrogens is 540 g/mol. The second-order valence-corrected chi connectivity index (χ2v) is 11.9. The van der Waals surface area contributed by atoms with Crippen LogP contribution in [0.25, 0.3) is 17.1 Å². The van der Waals surface area contributed by atoms with E-state index in [-0.39, 0.29) is 19.2 Å². The number of alkyl carbamates (subject to hydrolysis) is 1. The minimum Gasteiger partial charge on any atom is -0.497 e. The number of rotatable bonds is 4. The van der Waals surface area contributed by atoms with E-state index in [0.717, 1.165) is 25.7 Å². The number of nitrogens with zero attached hydrogens (tertiary/aromatic N) is 3. The maximum absolute atomic E-state index is 14.0. The van der Waals surface area contributed by atoms with Crippen LogP contribution in [-0.2, 0) is 19.1 Å². The molecule has 4 atom stereocenters. The smallest absolute Gasteiger partial charge is 0.408 e. The third kappa shape index (κ3) is 7.89. The predicted octanol–water partition coefficient (Wildman–Crippen LogP) is 4.52. The molecule has 1 aliphatic heterocycles. The Morgan fingerprint density at radius 3 is 2.62 bits per heavy atom. The van der Waals surface area contributed by atoms with Crippen molar-refractivity contribution in [3.63, 3.8) is 0 Å². The van der Waals surface area contributed by atoms with Crippen molar-refractivity contribution in [2.45, 2.75) is 78.0 Å². The second-order valence-electron chi connectivity index (χ2n) is 11.9. The van der Waals surface area contributed by atoms with Crippen LogP contribution in [0.1, 0.15) is 65.5 Å². The molecule has 0 spiro atoms. The van der Waals surface area contributed by atoms with Crippen molar-refractivity contribution in [3.8, 4) is 11.6 Å². The summed E-state index contributed by atoms with van der Waals surface area (Å²) in [7, 11) is 2.86. The Morgan fingerprint density at radius 1 is 1.14 bits per heavy atom. The predicted molar refractivity (Wildman–Crippen MR) is 157 cm³/mol. The number of amides is 2. The lowest BCUT2D eigenvalue weighted by atomic mass is 9.85. The summed E-state index contributed by atoms with van der Waals surface area (Å²) in [6.07, 6.45) is 6.59. The number of carbonyl (C=O) groups is 3. The summed E-state index contributed by atoms with van der Waals surface area (Å²) >= 11 is 0. The second kappa shape index (κ2) is 13.4. The molecule has 1 N–H and O–H groups in total. The van der Waals surface area contributed by atoms with Crippen molar-refractivity contribution >= 4 is 35.1 Å². The van der Waals surface area contributed by atoms with Crippen LogP contribution in [-0.4, -0.2) is 78.4 Å². The first-order valence-electron chi connectivity index (χ1n) is 14.5. The molecule has 2 aliphatic rings. The molecule has 1 aromatic heterocycles. The molecule has 0 bridgehead atoms. The molecule has 1 fully saturated rings. The fourth-order valence-corrected chi connectivity index (χ4v) is 4.94. The Morgan fingerprint density at radius 2 is 1.93 bits per heavy atom. The Bertz CT molecular complexity index is 1320. The van der Waals surface area contributed by atoms with E-state index in [1.807, 2.05) is 52.0 Å². The van der Waals surface area contributed by atoms with Crippen LogP contribution >= 0.6 is 0 Å². The number of allylic oxidation sites excluding steroid dienone is 1. The van der Waals surface area contributed by atoms with E-state index >= 15 is 0 Å². The van der Waals surface area contributed by atoms with Crippen molar-refractivity contribution in [1.82, 2.24) is 20.2 Å². The van der Waals surface area contributed by atoms with E-state index in [4.69, 9.17) is 28.9 Å².